The second kappa shape index (κ2) is 4.03. The first-order chi connectivity index (χ1) is 5.71. The zero-order chi connectivity index (χ0) is 10.7. The van der Waals surface area contributed by atoms with Crippen LogP contribution in [0.5, 0.6) is 0 Å². The lowest BCUT2D eigenvalue weighted by Crippen LogP contribution is -2.42. The molecule has 0 rings (SSSR count). The van der Waals surface area contributed by atoms with Crippen LogP contribution in [-0.2, 0) is 15.0 Å². The van der Waals surface area contributed by atoms with Crippen molar-refractivity contribution in [3.63, 3.8) is 0 Å². The number of carbonyl (C=O) groups is 1. The molecule has 7 heteroatoms. The molecule has 0 spiro atoms. The predicted molar refractivity (Wildman–Crippen MR) is 47.1 cm³/mol. The van der Waals surface area contributed by atoms with Gasteiger partial charge in [-0.05, 0) is 13.3 Å². The van der Waals surface area contributed by atoms with Crippen LogP contribution in [0.3, 0.4) is 0 Å². The highest BCUT2D eigenvalue weighted by molar-refractivity contribution is 7.87. The van der Waals surface area contributed by atoms with Crippen molar-refractivity contribution in [2.24, 2.45) is 10.6 Å². The Morgan fingerprint density at radius 3 is 2.31 bits per heavy atom. The maximum atomic E-state index is 10.7. The van der Waals surface area contributed by atoms with Crippen molar-refractivity contribution in [2.75, 3.05) is 6.54 Å². The van der Waals surface area contributed by atoms with Crippen LogP contribution < -0.4 is 9.86 Å². The summed E-state index contributed by atoms with van der Waals surface area (Å²) in [6.07, 6.45) is 0.324. The summed E-state index contributed by atoms with van der Waals surface area (Å²) in [6, 6.07) is 0. The number of aliphatic carboxylic acids is 1. The molecule has 0 amide bonds. The fraction of sp³-hybridized carbons (Fsp3) is 0.833. The summed E-state index contributed by atoms with van der Waals surface area (Å²) in [5.74, 6) is -1.05. The average molecular weight is 210 g/mol. The Bertz CT molecular complexity index is 287. The predicted octanol–water partition coefficient (Wildman–Crippen LogP) is -0.720. The standard InChI is InChI=1S/C6H14N2O4S/c1-3-6(2,5(9)10)4-8-13(7,11)12/h8H,3-4H2,1-2H3,(H,9,10)(H2,7,11,12). The first kappa shape index (κ1) is 12.3. The highest BCUT2D eigenvalue weighted by Gasteiger charge is 2.31. The van der Waals surface area contributed by atoms with Gasteiger partial charge in [-0.1, -0.05) is 6.92 Å². The summed E-state index contributed by atoms with van der Waals surface area (Å²) in [7, 11) is -3.81. The van der Waals surface area contributed by atoms with Crippen LogP contribution in [0.4, 0.5) is 0 Å². The van der Waals surface area contributed by atoms with Gasteiger partial charge in [0.05, 0.1) is 5.41 Å². The summed E-state index contributed by atoms with van der Waals surface area (Å²) in [5.41, 5.74) is -1.10. The molecule has 0 aliphatic carbocycles. The molecule has 78 valence electrons. The van der Waals surface area contributed by atoms with Crippen molar-refractivity contribution in [3.05, 3.63) is 0 Å². The molecule has 0 heterocycles. The van der Waals surface area contributed by atoms with Crippen LogP contribution in [0.15, 0.2) is 0 Å². The molecular weight excluding hydrogens is 196 g/mol. The molecule has 0 aromatic carbocycles. The SMILES string of the molecule is CCC(C)(CNS(N)(=O)=O)C(=O)O. The Kier molecular flexibility index (Phi) is 3.83. The molecule has 1 atom stereocenters. The van der Waals surface area contributed by atoms with Crippen LogP contribution in [-0.4, -0.2) is 26.0 Å². The lowest BCUT2D eigenvalue weighted by atomic mass is 9.88. The van der Waals surface area contributed by atoms with E-state index in [0.29, 0.717) is 6.42 Å². The van der Waals surface area contributed by atoms with Gasteiger partial charge in [-0.3, -0.25) is 4.79 Å². The molecule has 6 nitrogen and oxygen atoms in total. The van der Waals surface area contributed by atoms with Crippen LogP contribution in [0.25, 0.3) is 0 Å². The van der Waals surface area contributed by atoms with E-state index >= 15 is 0 Å². The molecule has 0 aliphatic rings. The number of carboxylic acids is 1. The normalized spacial score (nSPS) is 16.5. The quantitative estimate of drug-likeness (QED) is 0.556. The first-order valence-corrected chi connectivity index (χ1v) is 5.26. The van der Waals surface area contributed by atoms with Crippen LogP contribution in [0.2, 0.25) is 0 Å². The minimum absolute atomic E-state index is 0.197. The number of rotatable bonds is 5. The number of hydrogen-bond acceptors (Lipinski definition) is 3. The van der Waals surface area contributed by atoms with E-state index < -0.39 is 21.6 Å². The second-order valence-corrected chi connectivity index (χ2v) is 4.46. The van der Waals surface area contributed by atoms with E-state index in [-0.39, 0.29) is 6.54 Å². The van der Waals surface area contributed by atoms with Gasteiger partial charge in [-0.15, -0.1) is 0 Å². The largest absolute Gasteiger partial charge is 0.481 e. The Morgan fingerprint density at radius 1 is 1.62 bits per heavy atom. The third kappa shape index (κ3) is 4.20. The second-order valence-electron chi connectivity index (χ2n) is 3.09. The number of nitrogens with one attached hydrogen (secondary N) is 1. The summed E-state index contributed by atoms with van der Waals surface area (Å²) in [4.78, 5) is 10.7. The minimum atomic E-state index is -3.81. The Labute approximate surface area is 77.3 Å². The molecule has 13 heavy (non-hydrogen) atoms. The smallest absolute Gasteiger partial charge is 0.310 e. The topological polar surface area (TPSA) is 109 Å². The van der Waals surface area contributed by atoms with E-state index in [1.807, 2.05) is 4.72 Å². The molecule has 0 aromatic heterocycles. The van der Waals surface area contributed by atoms with E-state index in [1.54, 1.807) is 6.92 Å². The molecule has 0 fully saturated rings. The minimum Gasteiger partial charge on any atom is -0.481 e. The molecule has 0 aromatic rings. The molecule has 0 aliphatic heterocycles. The van der Waals surface area contributed by atoms with Gasteiger partial charge in [0.2, 0.25) is 0 Å². The maximum absolute atomic E-state index is 10.7. The van der Waals surface area contributed by atoms with Gasteiger partial charge in [0.15, 0.2) is 0 Å². The van der Waals surface area contributed by atoms with Crippen LogP contribution in [0.1, 0.15) is 20.3 Å². The number of hydrogen-bond donors (Lipinski definition) is 3. The van der Waals surface area contributed by atoms with Gasteiger partial charge >= 0.3 is 5.97 Å². The third-order valence-electron chi connectivity index (χ3n) is 1.96. The van der Waals surface area contributed by atoms with Gasteiger partial charge < -0.3 is 5.11 Å². The summed E-state index contributed by atoms with van der Waals surface area (Å²) >= 11 is 0. The van der Waals surface area contributed by atoms with Crippen LogP contribution in [0, 0.1) is 5.41 Å². The molecule has 4 N–H and O–H groups in total. The van der Waals surface area contributed by atoms with E-state index in [9.17, 15) is 13.2 Å². The van der Waals surface area contributed by atoms with Crippen molar-refractivity contribution in [1.29, 1.82) is 0 Å². The van der Waals surface area contributed by atoms with Gasteiger partial charge in [0, 0.05) is 6.54 Å². The fourth-order valence-electron chi connectivity index (χ4n) is 0.612. The van der Waals surface area contributed by atoms with Crippen molar-refractivity contribution >= 4 is 16.2 Å². The maximum Gasteiger partial charge on any atom is 0.310 e. The van der Waals surface area contributed by atoms with Crippen molar-refractivity contribution in [1.82, 2.24) is 4.72 Å². The van der Waals surface area contributed by atoms with Crippen LogP contribution >= 0.6 is 0 Å². The van der Waals surface area contributed by atoms with E-state index in [4.69, 9.17) is 5.11 Å². The Balaban J connectivity index is 4.39. The lowest BCUT2D eigenvalue weighted by molar-refractivity contribution is -0.147. The van der Waals surface area contributed by atoms with Crippen molar-refractivity contribution in [3.8, 4) is 0 Å². The van der Waals surface area contributed by atoms with E-state index in [0.717, 1.165) is 0 Å². The molecule has 0 bridgehead atoms. The third-order valence-corrected chi connectivity index (χ3v) is 2.51. The lowest BCUT2D eigenvalue weighted by Gasteiger charge is -2.22. The molecular formula is C6H14N2O4S. The highest BCUT2D eigenvalue weighted by Crippen LogP contribution is 2.19. The highest BCUT2D eigenvalue weighted by atomic mass is 32.2. The van der Waals surface area contributed by atoms with Gasteiger partial charge in [-0.2, -0.15) is 8.42 Å². The number of carboxylic acid groups (broad SMARTS) is 1. The zero-order valence-electron chi connectivity index (χ0n) is 7.57. The van der Waals surface area contributed by atoms with E-state index in [1.165, 1.54) is 6.92 Å². The molecule has 1 unspecified atom stereocenters. The summed E-state index contributed by atoms with van der Waals surface area (Å²) in [6.45, 7) is 2.92. The van der Waals surface area contributed by atoms with Gasteiger partial charge in [-0.25, -0.2) is 9.86 Å². The zero-order valence-corrected chi connectivity index (χ0v) is 8.39. The Hall–Kier alpha value is -0.660. The molecule has 0 saturated carbocycles. The van der Waals surface area contributed by atoms with Crippen molar-refractivity contribution < 1.29 is 18.3 Å². The van der Waals surface area contributed by atoms with Crippen molar-refractivity contribution in [2.45, 2.75) is 20.3 Å². The molecule has 0 radical (unpaired) electrons. The van der Waals surface area contributed by atoms with Gasteiger partial charge in [0.1, 0.15) is 0 Å². The molecule has 0 saturated heterocycles. The Morgan fingerprint density at radius 2 is 2.08 bits per heavy atom. The van der Waals surface area contributed by atoms with Gasteiger partial charge in [0.25, 0.3) is 10.2 Å². The average Bonchev–Trinajstić information content (AvgIpc) is 1.98. The monoisotopic (exact) mass is 210 g/mol. The first-order valence-electron chi connectivity index (χ1n) is 3.72. The summed E-state index contributed by atoms with van der Waals surface area (Å²) < 4.78 is 22.9. The summed E-state index contributed by atoms with van der Waals surface area (Å²) in [5, 5.41) is 13.4. The fourth-order valence-corrected chi connectivity index (χ4v) is 1.13. The van der Waals surface area contributed by atoms with E-state index in [2.05, 4.69) is 5.14 Å². The number of nitrogens with two attached hydrogens (primary N) is 1.